The quantitative estimate of drug-likeness (QED) is 0.832. The van der Waals surface area contributed by atoms with Crippen molar-refractivity contribution in [2.75, 3.05) is 17.1 Å². The molecule has 2 rings (SSSR count). The molecule has 0 aliphatic carbocycles. The van der Waals surface area contributed by atoms with E-state index in [2.05, 4.69) is 4.72 Å². The van der Waals surface area contributed by atoms with Gasteiger partial charge in [-0.15, -0.1) is 0 Å². The Bertz CT molecular complexity index is 725. The maximum absolute atomic E-state index is 12.3. The monoisotopic (exact) mass is 306 g/mol. The third-order valence-electron chi connectivity index (χ3n) is 2.87. The molecule has 6 heteroatoms. The highest BCUT2D eigenvalue weighted by molar-refractivity contribution is 7.92. The van der Waals surface area contributed by atoms with Crippen molar-refractivity contribution in [3.05, 3.63) is 48.0 Å². The molecule has 2 aromatic carbocycles. The van der Waals surface area contributed by atoms with Gasteiger partial charge in [0, 0.05) is 5.69 Å². The summed E-state index contributed by atoms with van der Waals surface area (Å²) in [5.74, 6) is 0.690. The van der Waals surface area contributed by atoms with E-state index < -0.39 is 10.0 Å². The van der Waals surface area contributed by atoms with Crippen molar-refractivity contribution in [3.63, 3.8) is 0 Å². The van der Waals surface area contributed by atoms with Crippen molar-refractivity contribution in [1.82, 2.24) is 0 Å². The molecule has 0 unspecified atom stereocenters. The van der Waals surface area contributed by atoms with E-state index in [0.717, 1.165) is 5.56 Å². The first-order valence-corrected chi connectivity index (χ1v) is 8.02. The van der Waals surface area contributed by atoms with Crippen LogP contribution in [0.15, 0.2) is 47.4 Å². The molecule has 0 spiro atoms. The molecule has 21 heavy (non-hydrogen) atoms. The van der Waals surface area contributed by atoms with Crippen molar-refractivity contribution < 1.29 is 13.2 Å². The van der Waals surface area contributed by atoms with Crippen molar-refractivity contribution in [3.8, 4) is 5.75 Å². The molecule has 0 saturated carbocycles. The Labute approximate surface area is 124 Å². The van der Waals surface area contributed by atoms with Crippen LogP contribution in [-0.4, -0.2) is 15.0 Å². The van der Waals surface area contributed by atoms with Gasteiger partial charge in [0.25, 0.3) is 10.0 Å². The maximum Gasteiger partial charge on any atom is 0.263 e. The standard InChI is InChI=1S/C15H18N2O3S/c1-3-20-13-7-5-12(6-8-13)17-21(18,19)15-9-4-11(2)10-14(15)16/h4-10,17H,3,16H2,1-2H3. The van der Waals surface area contributed by atoms with Gasteiger partial charge in [0.1, 0.15) is 10.6 Å². The number of rotatable bonds is 5. The Morgan fingerprint density at radius 2 is 1.81 bits per heavy atom. The molecular formula is C15H18N2O3S. The molecule has 0 fully saturated rings. The highest BCUT2D eigenvalue weighted by Gasteiger charge is 2.17. The first kappa shape index (κ1) is 15.2. The maximum atomic E-state index is 12.3. The second-order valence-electron chi connectivity index (χ2n) is 4.60. The van der Waals surface area contributed by atoms with E-state index in [1.165, 1.54) is 6.07 Å². The highest BCUT2D eigenvalue weighted by Crippen LogP contribution is 2.23. The van der Waals surface area contributed by atoms with Crippen LogP contribution in [0, 0.1) is 6.92 Å². The molecule has 0 saturated heterocycles. The minimum Gasteiger partial charge on any atom is -0.494 e. The average Bonchev–Trinajstić information content (AvgIpc) is 2.40. The normalized spacial score (nSPS) is 11.1. The predicted molar refractivity (Wildman–Crippen MR) is 84.0 cm³/mol. The zero-order chi connectivity index (χ0) is 15.5. The third kappa shape index (κ3) is 3.66. The van der Waals surface area contributed by atoms with Crippen LogP contribution in [0.25, 0.3) is 0 Å². The van der Waals surface area contributed by atoms with Crippen LogP contribution in [0.2, 0.25) is 0 Å². The molecule has 0 radical (unpaired) electrons. The van der Waals surface area contributed by atoms with Crippen LogP contribution >= 0.6 is 0 Å². The Kier molecular flexibility index (Phi) is 4.37. The van der Waals surface area contributed by atoms with Crippen molar-refractivity contribution in [2.24, 2.45) is 0 Å². The lowest BCUT2D eigenvalue weighted by molar-refractivity contribution is 0.340. The lowest BCUT2D eigenvalue weighted by atomic mass is 10.2. The number of anilines is 2. The zero-order valence-corrected chi connectivity index (χ0v) is 12.8. The summed E-state index contributed by atoms with van der Waals surface area (Å²) in [7, 11) is -3.70. The number of ether oxygens (including phenoxy) is 1. The molecule has 0 aliphatic rings. The van der Waals surface area contributed by atoms with Gasteiger partial charge in [-0.3, -0.25) is 4.72 Å². The van der Waals surface area contributed by atoms with Crippen molar-refractivity contribution in [1.29, 1.82) is 0 Å². The smallest absolute Gasteiger partial charge is 0.263 e. The van der Waals surface area contributed by atoms with Gasteiger partial charge in [-0.05, 0) is 55.8 Å². The minimum atomic E-state index is -3.70. The first-order valence-electron chi connectivity index (χ1n) is 6.54. The third-order valence-corrected chi connectivity index (χ3v) is 4.33. The number of benzene rings is 2. The van der Waals surface area contributed by atoms with E-state index in [0.29, 0.717) is 18.0 Å². The molecule has 0 amide bonds. The molecule has 0 heterocycles. The number of nitrogen functional groups attached to an aromatic ring is 1. The Hall–Kier alpha value is -2.21. The van der Waals surface area contributed by atoms with Gasteiger partial charge in [0.05, 0.1) is 12.3 Å². The van der Waals surface area contributed by atoms with E-state index in [4.69, 9.17) is 10.5 Å². The summed E-state index contributed by atoms with van der Waals surface area (Å²) < 4.78 is 32.5. The summed E-state index contributed by atoms with van der Waals surface area (Å²) in [5.41, 5.74) is 7.38. The van der Waals surface area contributed by atoms with Crippen LogP contribution < -0.4 is 15.2 Å². The van der Waals surface area contributed by atoms with Crippen LogP contribution in [0.3, 0.4) is 0 Å². The van der Waals surface area contributed by atoms with Crippen LogP contribution in [-0.2, 0) is 10.0 Å². The first-order chi connectivity index (χ1) is 9.92. The van der Waals surface area contributed by atoms with E-state index in [1.54, 1.807) is 36.4 Å². The summed E-state index contributed by atoms with van der Waals surface area (Å²) in [6.07, 6.45) is 0. The molecule has 0 aromatic heterocycles. The predicted octanol–water partition coefficient (Wildman–Crippen LogP) is 2.78. The SMILES string of the molecule is CCOc1ccc(NS(=O)(=O)c2ccc(C)cc2N)cc1. The van der Waals surface area contributed by atoms with E-state index in [-0.39, 0.29) is 10.6 Å². The second-order valence-corrected chi connectivity index (χ2v) is 6.25. The lowest BCUT2D eigenvalue weighted by Crippen LogP contribution is -2.14. The average molecular weight is 306 g/mol. The fraction of sp³-hybridized carbons (Fsp3) is 0.200. The van der Waals surface area contributed by atoms with Gasteiger partial charge in [-0.2, -0.15) is 0 Å². The van der Waals surface area contributed by atoms with Gasteiger partial charge in [-0.1, -0.05) is 6.07 Å². The number of aryl methyl sites for hydroxylation is 1. The van der Waals surface area contributed by atoms with Gasteiger partial charge in [0.15, 0.2) is 0 Å². The van der Waals surface area contributed by atoms with Gasteiger partial charge < -0.3 is 10.5 Å². The van der Waals surface area contributed by atoms with Gasteiger partial charge in [-0.25, -0.2) is 8.42 Å². The van der Waals surface area contributed by atoms with Crippen LogP contribution in [0.1, 0.15) is 12.5 Å². The fourth-order valence-electron chi connectivity index (χ4n) is 1.91. The number of hydrogen-bond acceptors (Lipinski definition) is 4. The van der Waals surface area contributed by atoms with E-state index in [1.807, 2.05) is 13.8 Å². The molecule has 5 nitrogen and oxygen atoms in total. The van der Waals surface area contributed by atoms with Crippen molar-refractivity contribution >= 4 is 21.4 Å². The fourth-order valence-corrected chi connectivity index (χ4v) is 3.08. The molecule has 112 valence electrons. The number of sulfonamides is 1. The highest BCUT2D eigenvalue weighted by atomic mass is 32.2. The second kappa shape index (κ2) is 6.05. The summed E-state index contributed by atoms with van der Waals surface area (Å²) in [6, 6.07) is 11.6. The van der Waals surface area contributed by atoms with E-state index >= 15 is 0 Å². The van der Waals surface area contributed by atoms with Gasteiger partial charge >= 0.3 is 0 Å². The summed E-state index contributed by atoms with van der Waals surface area (Å²) in [4.78, 5) is 0.0713. The minimum absolute atomic E-state index is 0.0713. The molecule has 2 aromatic rings. The number of nitrogens with two attached hydrogens (primary N) is 1. The number of nitrogens with one attached hydrogen (secondary N) is 1. The topological polar surface area (TPSA) is 81.4 Å². The molecule has 0 bridgehead atoms. The summed E-state index contributed by atoms with van der Waals surface area (Å²) >= 11 is 0. The molecular weight excluding hydrogens is 288 g/mol. The summed E-state index contributed by atoms with van der Waals surface area (Å²) in [6.45, 7) is 4.30. The zero-order valence-electron chi connectivity index (χ0n) is 12.0. The van der Waals surface area contributed by atoms with E-state index in [9.17, 15) is 8.42 Å². The Morgan fingerprint density at radius 1 is 1.14 bits per heavy atom. The Morgan fingerprint density at radius 3 is 2.38 bits per heavy atom. The van der Waals surface area contributed by atoms with Crippen LogP contribution in [0.4, 0.5) is 11.4 Å². The number of hydrogen-bond donors (Lipinski definition) is 2. The largest absolute Gasteiger partial charge is 0.494 e. The van der Waals surface area contributed by atoms with Gasteiger partial charge in [0.2, 0.25) is 0 Å². The molecule has 0 aliphatic heterocycles. The van der Waals surface area contributed by atoms with Crippen molar-refractivity contribution in [2.45, 2.75) is 18.7 Å². The molecule has 3 N–H and O–H groups in total. The Balaban J connectivity index is 2.24. The summed E-state index contributed by atoms with van der Waals surface area (Å²) in [5, 5.41) is 0. The molecule has 0 atom stereocenters. The van der Waals surface area contributed by atoms with Crippen LogP contribution in [0.5, 0.6) is 5.75 Å². The lowest BCUT2D eigenvalue weighted by Gasteiger charge is -2.11.